The fraction of sp³-hybridized carbons (Fsp3) is 0. The average molecular weight is 238 g/mol. The zero-order chi connectivity index (χ0) is 10.7. The third-order valence-electron chi connectivity index (χ3n) is 2.02. The minimum absolute atomic E-state index is 0.675. The van der Waals surface area contributed by atoms with Crippen molar-refractivity contribution in [1.29, 1.82) is 0 Å². The van der Waals surface area contributed by atoms with Crippen molar-refractivity contribution in [2.75, 3.05) is 4.42 Å². The predicted octanol–water partition coefficient (Wildman–Crippen LogP) is 4.63. The molecule has 0 bridgehead atoms. The summed E-state index contributed by atoms with van der Waals surface area (Å²) in [6, 6.07) is 17.1. The van der Waals surface area contributed by atoms with Crippen LogP contribution in [0.15, 0.2) is 54.6 Å². The Morgan fingerprint density at radius 1 is 0.800 bits per heavy atom. The molecule has 0 saturated carbocycles. The second-order valence-corrected chi connectivity index (χ2v) is 3.87. The van der Waals surface area contributed by atoms with Crippen molar-refractivity contribution >= 4 is 34.8 Å². The molecule has 0 aromatic heterocycles. The molecule has 0 heterocycles. The minimum atomic E-state index is 0.675. The molecule has 15 heavy (non-hydrogen) atoms. The third kappa shape index (κ3) is 2.44. The summed E-state index contributed by atoms with van der Waals surface area (Å²) < 4.78 is 1.58. The molecule has 0 radical (unpaired) electrons. The number of halogens is 2. The third-order valence-corrected chi connectivity index (χ3v) is 2.64. The first-order valence-electron chi connectivity index (χ1n) is 4.54. The molecule has 0 atom stereocenters. The molecule has 76 valence electrons. The van der Waals surface area contributed by atoms with Crippen LogP contribution in [0.1, 0.15) is 0 Å². The van der Waals surface area contributed by atoms with E-state index in [9.17, 15) is 0 Å². The maximum absolute atomic E-state index is 6.18. The van der Waals surface area contributed by atoms with Gasteiger partial charge in [0.05, 0.1) is 11.4 Å². The number of hydrogen-bond donors (Lipinski definition) is 0. The van der Waals surface area contributed by atoms with Gasteiger partial charge in [-0.25, -0.2) is 0 Å². The van der Waals surface area contributed by atoms with E-state index in [-0.39, 0.29) is 0 Å². The van der Waals surface area contributed by atoms with Crippen LogP contribution < -0.4 is 4.42 Å². The van der Waals surface area contributed by atoms with Crippen LogP contribution in [0, 0.1) is 0 Å². The molecule has 0 aliphatic heterocycles. The number of anilines is 2. The molecule has 0 unspecified atom stereocenters. The van der Waals surface area contributed by atoms with E-state index in [1.165, 1.54) is 0 Å². The van der Waals surface area contributed by atoms with Gasteiger partial charge in [-0.2, -0.15) is 0 Å². The molecule has 2 rings (SSSR count). The van der Waals surface area contributed by atoms with Crippen LogP contribution in [0.3, 0.4) is 0 Å². The van der Waals surface area contributed by atoms with Crippen molar-refractivity contribution < 1.29 is 0 Å². The molecule has 3 heteroatoms. The number of nitrogens with zero attached hydrogens (tertiary/aromatic N) is 1. The number of para-hydroxylation sites is 1. The van der Waals surface area contributed by atoms with E-state index in [1.54, 1.807) is 4.42 Å². The zero-order valence-electron chi connectivity index (χ0n) is 7.90. The van der Waals surface area contributed by atoms with Crippen molar-refractivity contribution in [2.45, 2.75) is 0 Å². The van der Waals surface area contributed by atoms with Crippen molar-refractivity contribution in [3.8, 4) is 0 Å². The van der Waals surface area contributed by atoms with Crippen LogP contribution in [-0.2, 0) is 0 Å². The SMILES string of the molecule is Clc1cccc(N(Cl)c2ccccc2)c1. The van der Waals surface area contributed by atoms with Gasteiger partial charge in [0, 0.05) is 16.8 Å². The van der Waals surface area contributed by atoms with Gasteiger partial charge < -0.3 is 0 Å². The van der Waals surface area contributed by atoms with Gasteiger partial charge in [0.25, 0.3) is 0 Å². The summed E-state index contributed by atoms with van der Waals surface area (Å²) in [6.45, 7) is 0. The number of hydrogen-bond acceptors (Lipinski definition) is 1. The second kappa shape index (κ2) is 4.56. The van der Waals surface area contributed by atoms with E-state index in [2.05, 4.69) is 0 Å². The Kier molecular flexibility index (Phi) is 3.14. The highest BCUT2D eigenvalue weighted by atomic mass is 35.5. The molecule has 0 aliphatic carbocycles. The first-order valence-corrected chi connectivity index (χ1v) is 5.25. The summed E-state index contributed by atoms with van der Waals surface area (Å²) in [5, 5.41) is 0.675. The summed E-state index contributed by atoms with van der Waals surface area (Å²) in [4.78, 5) is 0. The quantitative estimate of drug-likeness (QED) is 0.689. The summed E-state index contributed by atoms with van der Waals surface area (Å²) >= 11 is 12.1. The normalized spacial score (nSPS) is 10.0. The lowest BCUT2D eigenvalue weighted by Crippen LogP contribution is -2.00. The van der Waals surface area contributed by atoms with Crippen molar-refractivity contribution in [3.05, 3.63) is 59.6 Å². The maximum Gasteiger partial charge on any atom is 0.0596 e. The Balaban J connectivity index is 2.32. The molecule has 0 spiro atoms. The topological polar surface area (TPSA) is 3.24 Å². The molecule has 2 aromatic carbocycles. The first-order chi connectivity index (χ1) is 7.27. The van der Waals surface area contributed by atoms with Crippen molar-refractivity contribution in [2.24, 2.45) is 0 Å². The van der Waals surface area contributed by atoms with Gasteiger partial charge in [0.1, 0.15) is 0 Å². The van der Waals surface area contributed by atoms with E-state index in [0.717, 1.165) is 11.4 Å². The van der Waals surface area contributed by atoms with Crippen LogP contribution >= 0.6 is 23.4 Å². The number of rotatable bonds is 2. The van der Waals surface area contributed by atoms with Crippen LogP contribution in [0.25, 0.3) is 0 Å². The van der Waals surface area contributed by atoms with E-state index < -0.39 is 0 Å². The van der Waals surface area contributed by atoms with Crippen LogP contribution in [0.2, 0.25) is 5.02 Å². The molecular formula is C12H9Cl2N. The second-order valence-electron chi connectivity index (χ2n) is 3.10. The van der Waals surface area contributed by atoms with Crippen molar-refractivity contribution in [3.63, 3.8) is 0 Å². The Bertz CT molecular complexity index is 442. The Hall–Kier alpha value is -1.18. The molecule has 0 saturated heterocycles. The van der Waals surface area contributed by atoms with E-state index in [0.29, 0.717) is 5.02 Å². The summed E-state index contributed by atoms with van der Waals surface area (Å²) in [5.41, 5.74) is 1.77. The Morgan fingerprint density at radius 3 is 2.13 bits per heavy atom. The molecular weight excluding hydrogens is 229 g/mol. The molecule has 0 N–H and O–H groups in total. The highest BCUT2D eigenvalue weighted by Gasteiger charge is 2.05. The fourth-order valence-corrected chi connectivity index (χ4v) is 1.71. The standard InChI is InChI=1S/C12H9Cl2N/c13-10-5-4-8-12(9-10)15(14)11-6-2-1-3-7-11/h1-9H. The van der Waals surface area contributed by atoms with Crippen LogP contribution in [0.5, 0.6) is 0 Å². The van der Waals surface area contributed by atoms with Gasteiger partial charge in [-0.05, 0) is 30.3 Å². The van der Waals surface area contributed by atoms with Crippen LogP contribution in [0.4, 0.5) is 11.4 Å². The molecule has 1 nitrogen and oxygen atoms in total. The highest BCUT2D eigenvalue weighted by molar-refractivity contribution is 6.32. The Labute approximate surface area is 99.0 Å². The van der Waals surface area contributed by atoms with Gasteiger partial charge in [0.2, 0.25) is 0 Å². The van der Waals surface area contributed by atoms with E-state index >= 15 is 0 Å². The minimum Gasteiger partial charge on any atom is -0.254 e. The fourth-order valence-electron chi connectivity index (χ4n) is 1.31. The van der Waals surface area contributed by atoms with Gasteiger partial charge >= 0.3 is 0 Å². The van der Waals surface area contributed by atoms with Gasteiger partial charge in [0.15, 0.2) is 0 Å². The summed E-state index contributed by atoms with van der Waals surface area (Å²) in [6.07, 6.45) is 0. The van der Waals surface area contributed by atoms with E-state index in [4.69, 9.17) is 23.4 Å². The summed E-state index contributed by atoms with van der Waals surface area (Å²) in [7, 11) is 0. The molecule has 0 fully saturated rings. The molecule has 0 amide bonds. The first kappa shape index (κ1) is 10.3. The largest absolute Gasteiger partial charge is 0.254 e. The van der Waals surface area contributed by atoms with Crippen LogP contribution in [-0.4, -0.2) is 0 Å². The highest BCUT2D eigenvalue weighted by Crippen LogP contribution is 2.28. The van der Waals surface area contributed by atoms with E-state index in [1.807, 2.05) is 54.6 Å². The molecule has 2 aromatic rings. The Morgan fingerprint density at radius 2 is 1.47 bits per heavy atom. The van der Waals surface area contributed by atoms with Gasteiger partial charge in [-0.1, -0.05) is 35.9 Å². The average Bonchev–Trinajstić information content (AvgIpc) is 2.29. The van der Waals surface area contributed by atoms with Crippen molar-refractivity contribution in [1.82, 2.24) is 0 Å². The van der Waals surface area contributed by atoms with Gasteiger partial charge in [-0.15, -0.1) is 0 Å². The zero-order valence-corrected chi connectivity index (χ0v) is 9.41. The smallest absolute Gasteiger partial charge is 0.0596 e. The summed E-state index contributed by atoms with van der Waals surface area (Å²) in [5.74, 6) is 0. The lowest BCUT2D eigenvalue weighted by atomic mass is 10.3. The lowest BCUT2D eigenvalue weighted by Gasteiger charge is -2.15. The lowest BCUT2D eigenvalue weighted by molar-refractivity contribution is 1.42. The predicted molar refractivity (Wildman–Crippen MR) is 65.9 cm³/mol. The molecule has 0 aliphatic rings. The maximum atomic E-state index is 6.18. The monoisotopic (exact) mass is 237 g/mol. The number of benzene rings is 2. The van der Waals surface area contributed by atoms with Gasteiger partial charge in [-0.3, -0.25) is 4.42 Å².